The van der Waals surface area contributed by atoms with Gasteiger partial charge in [-0.25, -0.2) is 4.39 Å². The van der Waals surface area contributed by atoms with Crippen molar-refractivity contribution < 1.29 is 18.7 Å². The minimum atomic E-state index is -0.330. The number of carbonyl (C=O) groups excluding carboxylic acids is 1. The molecule has 1 aromatic heterocycles. The number of nitrogens with zero attached hydrogens (tertiary/aromatic N) is 4. The van der Waals surface area contributed by atoms with E-state index >= 15 is 0 Å². The van der Waals surface area contributed by atoms with Crippen molar-refractivity contribution in [2.24, 2.45) is 0 Å². The molecule has 0 unspecified atom stereocenters. The van der Waals surface area contributed by atoms with E-state index in [1.165, 1.54) is 24.0 Å². The zero-order valence-electron chi connectivity index (χ0n) is 18.2. The van der Waals surface area contributed by atoms with Crippen molar-refractivity contribution in [2.75, 3.05) is 14.2 Å². The van der Waals surface area contributed by atoms with E-state index in [0.717, 1.165) is 16.9 Å². The molecular weight excluding hydrogens is 425 g/mol. The van der Waals surface area contributed by atoms with Gasteiger partial charge in [0.05, 0.1) is 26.3 Å². The first-order chi connectivity index (χ1) is 16.1. The van der Waals surface area contributed by atoms with Crippen LogP contribution in [0, 0.1) is 5.82 Å². The molecule has 0 bridgehead atoms. The van der Waals surface area contributed by atoms with E-state index < -0.39 is 0 Å². The minimum absolute atomic E-state index is 0.253. The van der Waals surface area contributed by atoms with E-state index in [4.69, 9.17) is 9.47 Å². The minimum Gasteiger partial charge on any atom is -0.497 e. The highest BCUT2D eigenvalue weighted by atomic mass is 19.1. The van der Waals surface area contributed by atoms with E-state index in [1.54, 1.807) is 37.4 Å². The molecule has 9 heteroatoms. The number of rotatable bonds is 8. The number of aromatic nitrogens is 4. The quantitative estimate of drug-likeness (QED) is 0.445. The third kappa shape index (κ3) is 5.32. The van der Waals surface area contributed by atoms with E-state index in [1.807, 2.05) is 24.3 Å². The predicted octanol–water partition coefficient (Wildman–Crippen LogP) is 3.47. The zero-order valence-corrected chi connectivity index (χ0v) is 18.2. The maximum atomic E-state index is 13.1. The molecule has 0 saturated heterocycles. The summed E-state index contributed by atoms with van der Waals surface area (Å²) in [6.45, 7) is 0.695. The van der Waals surface area contributed by atoms with Crippen LogP contribution in [-0.2, 0) is 13.1 Å². The number of benzene rings is 3. The zero-order chi connectivity index (χ0) is 23.2. The molecule has 0 atom stereocenters. The molecular formula is C24H22FN5O3. The Morgan fingerprint density at radius 1 is 0.970 bits per heavy atom. The Hall–Kier alpha value is -4.27. The molecule has 33 heavy (non-hydrogen) atoms. The normalized spacial score (nSPS) is 10.6. The van der Waals surface area contributed by atoms with Gasteiger partial charge in [0.25, 0.3) is 5.91 Å². The Morgan fingerprint density at radius 3 is 2.39 bits per heavy atom. The maximum Gasteiger partial charge on any atom is 0.255 e. The SMILES string of the molecule is COc1ccc(Cn2nnc(-c3ccc(OC)c(C(=O)NCc4ccc(F)cc4)c3)n2)cc1. The van der Waals surface area contributed by atoms with Crippen molar-refractivity contribution in [2.45, 2.75) is 13.1 Å². The lowest BCUT2D eigenvalue weighted by atomic mass is 10.1. The summed E-state index contributed by atoms with van der Waals surface area (Å²) in [5.41, 5.74) is 2.74. The second kappa shape index (κ2) is 9.90. The van der Waals surface area contributed by atoms with E-state index in [2.05, 4.69) is 20.7 Å². The monoisotopic (exact) mass is 447 g/mol. The van der Waals surface area contributed by atoms with E-state index in [9.17, 15) is 9.18 Å². The van der Waals surface area contributed by atoms with E-state index in [0.29, 0.717) is 29.2 Å². The Morgan fingerprint density at radius 2 is 1.70 bits per heavy atom. The molecule has 1 amide bonds. The summed E-state index contributed by atoms with van der Waals surface area (Å²) in [5, 5.41) is 15.5. The molecule has 4 rings (SSSR count). The highest BCUT2D eigenvalue weighted by molar-refractivity contribution is 5.98. The highest BCUT2D eigenvalue weighted by Crippen LogP contribution is 2.25. The fourth-order valence-corrected chi connectivity index (χ4v) is 3.22. The van der Waals surface area contributed by atoms with Crippen LogP contribution in [-0.4, -0.2) is 40.3 Å². The fraction of sp³-hybridized carbons (Fsp3) is 0.167. The summed E-state index contributed by atoms with van der Waals surface area (Å²) in [6.07, 6.45) is 0. The van der Waals surface area contributed by atoms with Crippen molar-refractivity contribution in [1.82, 2.24) is 25.5 Å². The van der Waals surface area contributed by atoms with Crippen LogP contribution in [0.5, 0.6) is 11.5 Å². The Labute approximate surface area is 190 Å². The van der Waals surface area contributed by atoms with Crippen LogP contribution in [0.1, 0.15) is 21.5 Å². The van der Waals surface area contributed by atoms with Gasteiger partial charge in [0.2, 0.25) is 5.82 Å². The molecule has 0 saturated carbocycles. The van der Waals surface area contributed by atoms with Crippen LogP contribution < -0.4 is 14.8 Å². The number of hydrogen-bond acceptors (Lipinski definition) is 6. The van der Waals surface area contributed by atoms with Crippen LogP contribution in [0.4, 0.5) is 4.39 Å². The molecule has 0 aliphatic rings. The molecule has 0 aliphatic heterocycles. The van der Waals surface area contributed by atoms with Gasteiger partial charge >= 0.3 is 0 Å². The summed E-state index contributed by atoms with van der Waals surface area (Å²) in [5.74, 6) is 0.921. The number of nitrogens with one attached hydrogen (secondary N) is 1. The van der Waals surface area contributed by atoms with Gasteiger partial charge in [-0.1, -0.05) is 24.3 Å². The highest BCUT2D eigenvalue weighted by Gasteiger charge is 2.16. The third-order valence-corrected chi connectivity index (χ3v) is 5.00. The molecule has 8 nitrogen and oxygen atoms in total. The van der Waals surface area contributed by atoms with Gasteiger partial charge in [-0.3, -0.25) is 4.79 Å². The third-order valence-electron chi connectivity index (χ3n) is 5.00. The van der Waals surface area contributed by atoms with Crippen molar-refractivity contribution >= 4 is 5.91 Å². The summed E-state index contributed by atoms with van der Waals surface area (Å²) < 4.78 is 23.6. The van der Waals surface area contributed by atoms with Gasteiger partial charge in [-0.15, -0.1) is 10.2 Å². The summed E-state index contributed by atoms with van der Waals surface area (Å²) in [7, 11) is 3.11. The van der Waals surface area contributed by atoms with Gasteiger partial charge in [0.1, 0.15) is 17.3 Å². The average molecular weight is 447 g/mol. The van der Waals surface area contributed by atoms with Crippen molar-refractivity contribution in [3.8, 4) is 22.9 Å². The first kappa shape index (κ1) is 21.9. The number of halogens is 1. The molecule has 3 aromatic carbocycles. The molecule has 0 spiro atoms. The van der Waals surface area contributed by atoms with Gasteiger partial charge < -0.3 is 14.8 Å². The molecule has 4 aromatic rings. The molecule has 168 valence electrons. The smallest absolute Gasteiger partial charge is 0.255 e. The average Bonchev–Trinajstić information content (AvgIpc) is 3.32. The lowest BCUT2D eigenvalue weighted by molar-refractivity contribution is 0.0948. The number of carbonyl (C=O) groups is 1. The van der Waals surface area contributed by atoms with Crippen LogP contribution in [0.2, 0.25) is 0 Å². The summed E-state index contributed by atoms with van der Waals surface area (Å²) >= 11 is 0. The van der Waals surface area contributed by atoms with Crippen LogP contribution in [0.3, 0.4) is 0 Å². The number of amides is 1. The lowest BCUT2D eigenvalue weighted by Gasteiger charge is -2.10. The molecule has 1 heterocycles. The number of tetrazole rings is 1. The molecule has 1 N–H and O–H groups in total. The second-order valence-electron chi connectivity index (χ2n) is 7.22. The number of hydrogen-bond donors (Lipinski definition) is 1. The van der Waals surface area contributed by atoms with E-state index in [-0.39, 0.29) is 18.3 Å². The number of ether oxygens (including phenoxy) is 2. The lowest BCUT2D eigenvalue weighted by Crippen LogP contribution is -2.23. The molecule has 0 fully saturated rings. The first-order valence-electron chi connectivity index (χ1n) is 10.2. The van der Waals surface area contributed by atoms with Gasteiger partial charge in [-0.05, 0) is 58.8 Å². The van der Waals surface area contributed by atoms with Crippen molar-refractivity contribution in [3.63, 3.8) is 0 Å². The number of methoxy groups -OCH3 is 2. The Bertz CT molecular complexity index is 1240. The topological polar surface area (TPSA) is 91.2 Å². The van der Waals surface area contributed by atoms with Crippen LogP contribution >= 0.6 is 0 Å². The molecule has 0 radical (unpaired) electrons. The Balaban J connectivity index is 1.49. The maximum absolute atomic E-state index is 13.1. The summed E-state index contributed by atoms with van der Waals surface area (Å²) in [4.78, 5) is 14.3. The molecule has 0 aliphatic carbocycles. The standard InChI is InChI=1S/C24H22FN5O3/c1-32-20-10-5-17(6-11-20)15-30-28-23(27-29-30)18-7-12-22(33-2)21(13-18)24(31)26-14-16-3-8-19(25)9-4-16/h3-13H,14-15H2,1-2H3,(H,26,31). The van der Waals surface area contributed by atoms with Gasteiger partial charge in [-0.2, -0.15) is 4.80 Å². The van der Waals surface area contributed by atoms with Crippen LogP contribution in [0.25, 0.3) is 11.4 Å². The van der Waals surface area contributed by atoms with Crippen molar-refractivity contribution in [1.29, 1.82) is 0 Å². The van der Waals surface area contributed by atoms with Gasteiger partial charge in [0.15, 0.2) is 0 Å². The first-order valence-corrected chi connectivity index (χ1v) is 10.2. The Kier molecular flexibility index (Phi) is 6.58. The predicted molar refractivity (Wildman–Crippen MR) is 119 cm³/mol. The fourth-order valence-electron chi connectivity index (χ4n) is 3.22. The largest absolute Gasteiger partial charge is 0.497 e. The van der Waals surface area contributed by atoms with Crippen LogP contribution in [0.15, 0.2) is 66.7 Å². The van der Waals surface area contributed by atoms with Crippen molar-refractivity contribution in [3.05, 3.63) is 89.2 Å². The van der Waals surface area contributed by atoms with Gasteiger partial charge in [0, 0.05) is 12.1 Å². The summed E-state index contributed by atoms with van der Waals surface area (Å²) in [6, 6.07) is 18.7. The second-order valence-corrected chi connectivity index (χ2v) is 7.22.